The first kappa shape index (κ1) is 29.4. The van der Waals surface area contributed by atoms with Crippen LogP contribution in [0.25, 0.3) is 11.2 Å². The summed E-state index contributed by atoms with van der Waals surface area (Å²) in [6.45, 7) is 6.36. The van der Waals surface area contributed by atoms with E-state index in [-0.39, 0.29) is 12.6 Å². The quantitative estimate of drug-likeness (QED) is 0.158. The van der Waals surface area contributed by atoms with Crippen LogP contribution in [0.3, 0.4) is 0 Å². The molecule has 5 heterocycles. The standard InChI is InChI=1S/C29H38N8O6/c1-2-19-15-21(43-35-19)25-23(39)24(40)28(42-25)37-17-31-22-26(32-20(16-38)14-18-6-4-3-5-7-18)33-29(34-27(22)37)30-8-9-36-10-12-41-13-11-36/h3-7,15,17,20,23-25,28,38-40H,2,8-14,16H2,1H3,(H2,30,32,33,34)/t20-,23-,24+,25+,28+/m0/s1. The zero-order valence-electron chi connectivity index (χ0n) is 24.0. The van der Waals surface area contributed by atoms with E-state index in [2.05, 4.69) is 25.7 Å². The molecule has 0 unspecified atom stereocenters. The molecule has 0 spiro atoms. The Morgan fingerprint density at radius 2 is 1.91 bits per heavy atom. The molecule has 2 saturated heterocycles. The smallest absolute Gasteiger partial charge is 0.226 e. The van der Waals surface area contributed by atoms with Crippen molar-refractivity contribution in [3.05, 3.63) is 59.7 Å². The van der Waals surface area contributed by atoms with Crippen LogP contribution >= 0.6 is 0 Å². The molecule has 4 aromatic rings. The molecule has 5 N–H and O–H groups in total. The van der Waals surface area contributed by atoms with Crippen LogP contribution in [0.5, 0.6) is 0 Å². The minimum atomic E-state index is -1.29. The molecule has 6 rings (SSSR count). The lowest BCUT2D eigenvalue weighted by atomic mass is 10.1. The fourth-order valence-electron chi connectivity index (χ4n) is 5.44. The molecule has 0 bridgehead atoms. The van der Waals surface area contributed by atoms with Gasteiger partial charge in [0.05, 0.1) is 37.9 Å². The predicted octanol–water partition coefficient (Wildman–Crippen LogP) is 1.13. The molecule has 3 aromatic heterocycles. The summed E-state index contributed by atoms with van der Waals surface area (Å²) in [5, 5.41) is 42.8. The number of morpholine rings is 1. The molecule has 0 radical (unpaired) electrons. The summed E-state index contributed by atoms with van der Waals surface area (Å²) in [5.74, 6) is 1.12. The van der Waals surface area contributed by atoms with Crippen molar-refractivity contribution in [2.75, 3.05) is 56.6 Å². The van der Waals surface area contributed by atoms with Crippen LogP contribution < -0.4 is 10.6 Å². The van der Waals surface area contributed by atoms with Crippen molar-refractivity contribution >= 4 is 22.9 Å². The third-order valence-electron chi connectivity index (χ3n) is 7.85. The highest BCUT2D eigenvalue weighted by atomic mass is 16.6. The van der Waals surface area contributed by atoms with Gasteiger partial charge in [-0.3, -0.25) is 9.47 Å². The number of aromatic nitrogens is 5. The largest absolute Gasteiger partial charge is 0.394 e. The van der Waals surface area contributed by atoms with Crippen molar-refractivity contribution < 1.29 is 29.3 Å². The monoisotopic (exact) mass is 594 g/mol. The number of benzene rings is 1. The topological polar surface area (TPSA) is 176 Å². The number of hydrogen-bond donors (Lipinski definition) is 5. The number of anilines is 2. The number of ether oxygens (including phenoxy) is 2. The van der Waals surface area contributed by atoms with Gasteiger partial charge in [0.25, 0.3) is 0 Å². The Hall–Kier alpha value is -3.66. The van der Waals surface area contributed by atoms with Crippen LogP contribution in [-0.2, 0) is 22.3 Å². The van der Waals surface area contributed by atoms with E-state index in [4.69, 9.17) is 24.0 Å². The van der Waals surface area contributed by atoms with Crippen molar-refractivity contribution in [3.63, 3.8) is 0 Å². The molecule has 14 heteroatoms. The van der Waals surface area contributed by atoms with Gasteiger partial charge < -0.3 is 39.9 Å². The molecule has 2 aliphatic heterocycles. The van der Waals surface area contributed by atoms with Crippen LogP contribution in [0.4, 0.5) is 11.8 Å². The van der Waals surface area contributed by atoms with Crippen molar-refractivity contribution in [2.45, 2.75) is 50.3 Å². The number of nitrogens with zero attached hydrogens (tertiary/aromatic N) is 6. The molecule has 14 nitrogen and oxygen atoms in total. The minimum Gasteiger partial charge on any atom is -0.394 e. The van der Waals surface area contributed by atoms with Crippen LogP contribution in [0.1, 0.15) is 36.3 Å². The Morgan fingerprint density at radius 1 is 1.09 bits per heavy atom. The van der Waals surface area contributed by atoms with Crippen molar-refractivity contribution in [3.8, 4) is 0 Å². The molecule has 43 heavy (non-hydrogen) atoms. The summed E-state index contributed by atoms with van der Waals surface area (Å²) >= 11 is 0. The number of aliphatic hydroxyl groups is 3. The summed E-state index contributed by atoms with van der Waals surface area (Å²) in [6, 6.07) is 11.3. The van der Waals surface area contributed by atoms with Crippen molar-refractivity contribution in [1.82, 2.24) is 29.6 Å². The average Bonchev–Trinajstić information content (AvgIpc) is 3.76. The van der Waals surface area contributed by atoms with Crippen LogP contribution in [0, 0.1) is 0 Å². The zero-order valence-corrected chi connectivity index (χ0v) is 24.0. The lowest BCUT2D eigenvalue weighted by molar-refractivity contribution is -0.0434. The lowest BCUT2D eigenvalue weighted by Gasteiger charge is -2.26. The van der Waals surface area contributed by atoms with Crippen molar-refractivity contribution in [1.29, 1.82) is 0 Å². The van der Waals surface area contributed by atoms with Crippen LogP contribution in [0.15, 0.2) is 47.2 Å². The van der Waals surface area contributed by atoms with Gasteiger partial charge in [-0.2, -0.15) is 9.97 Å². The van der Waals surface area contributed by atoms with Gasteiger partial charge in [0.1, 0.15) is 18.3 Å². The highest BCUT2D eigenvalue weighted by Gasteiger charge is 2.47. The van der Waals surface area contributed by atoms with Gasteiger partial charge in [-0.05, 0) is 18.4 Å². The maximum Gasteiger partial charge on any atom is 0.226 e. The van der Waals surface area contributed by atoms with Gasteiger partial charge >= 0.3 is 0 Å². The van der Waals surface area contributed by atoms with E-state index >= 15 is 0 Å². The molecule has 0 amide bonds. The summed E-state index contributed by atoms with van der Waals surface area (Å²) in [6.07, 6.45) is -1.72. The second-order valence-corrected chi connectivity index (χ2v) is 10.8. The SMILES string of the molecule is CCc1cc([C@H]2O[C@@H](n3cnc4c(N[C@H](CO)Cc5ccccc5)nc(NCCN5CCOCC5)nc43)[C@H](O)[C@@H]2O)on1. The number of rotatable bonds is 12. The van der Waals surface area contributed by atoms with E-state index in [1.165, 1.54) is 6.33 Å². The third kappa shape index (κ3) is 6.49. The van der Waals surface area contributed by atoms with E-state index in [0.29, 0.717) is 61.3 Å². The zero-order chi connectivity index (χ0) is 29.8. The van der Waals surface area contributed by atoms with Gasteiger partial charge in [0, 0.05) is 32.2 Å². The maximum absolute atomic E-state index is 11.0. The summed E-state index contributed by atoms with van der Waals surface area (Å²) in [4.78, 5) is 16.3. The molecular weight excluding hydrogens is 556 g/mol. The first-order valence-corrected chi connectivity index (χ1v) is 14.7. The second-order valence-electron chi connectivity index (χ2n) is 10.8. The van der Waals surface area contributed by atoms with Crippen LogP contribution in [-0.4, -0.2) is 109 Å². The number of aliphatic hydroxyl groups excluding tert-OH is 3. The summed E-state index contributed by atoms with van der Waals surface area (Å²) in [5.41, 5.74) is 2.62. The summed E-state index contributed by atoms with van der Waals surface area (Å²) in [7, 11) is 0. The molecule has 2 fully saturated rings. The fourth-order valence-corrected chi connectivity index (χ4v) is 5.44. The van der Waals surface area contributed by atoms with Crippen LogP contribution in [0.2, 0.25) is 0 Å². The second kappa shape index (κ2) is 13.3. The van der Waals surface area contributed by atoms with E-state index in [1.807, 2.05) is 37.3 Å². The number of aryl methyl sites for hydroxylation is 1. The number of imidazole rings is 1. The van der Waals surface area contributed by atoms with E-state index < -0.39 is 24.5 Å². The molecule has 2 aliphatic rings. The number of hydrogen-bond acceptors (Lipinski definition) is 13. The Kier molecular flexibility index (Phi) is 9.11. The highest BCUT2D eigenvalue weighted by molar-refractivity contribution is 5.84. The van der Waals surface area contributed by atoms with E-state index in [9.17, 15) is 15.3 Å². The third-order valence-corrected chi connectivity index (χ3v) is 7.85. The number of nitrogens with one attached hydrogen (secondary N) is 2. The molecule has 1 aromatic carbocycles. The highest BCUT2D eigenvalue weighted by Crippen LogP contribution is 2.40. The molecule has 230 valence electrons. The summed E-state index contributed by atoms with van der Waals surface area (Å²) < 4.78 is 18.6. The van der Waals surface area contributed by atoms with Crippen molar-refractivity contribution in [2.24, 2.45) is 0 Å². The first-order valence-electron chi connectivity index (χ1n) is 14.7. The van der Waals surface area contributed by atoms with Gasteiger partial charge in [-0.25, -0.2) is 4.98 Å². The first-order chi connectivity index (χ1) is 21.0. The molecule has 0 saturated carbocycles. The predicted molar refractivity (Wildman–Crippen MR) is 156 cm³/mol. The average molecular weight is 595 g/mol. The maximum atomic E-state index is 11.0. The van der Waals surface area contributed by atoms with Gasteiger partial charge in [0.15, 0.2) is 29.0 Å². The lowest BCUT2D eigenvalue weighted by Crippen LogP contribution is -2.39. The Bertz CT molecular complexity index is 1480. The van der Waals surface area contributed by atoms with E-state index in [0.717, 1.165) is 30.9 Å². The minimum absolute atomic E-state index is 0.129. The Morgan fingerprint density at radius 3 is 2.65 bits per heavy atom. The van der Waals surface area contributed by atoms with Gasteiger partial charge in [0.2, 0.25) is 5.95 Å². The Labute approximate surface area is 248 Å². The Balaban J connectivity index is 1.29. The molecule has 0 aliphatic carbocycles. The number of fused-ring (bicyclic) bond motifs is 1. The van der Waals surface area contributed by atoms with E-state index in [1.54, 1.807) is 10.6 Å². The fraction of sp³-hybridized carbons (Fsp3) is 0.517. The molecular formula is C29H38N8O6. The van der Waals surface area contributed by atoms with Gasteiger partial charge in [-0.1, -0.05) is 42.4 Å². The van der Waals surface area contributed by atoms with Gasteiger partial charge in [-0.15, -0.1) is 0 Å². The molecule has 5 atom stereocenters. The normalized spacial score (nSPS) is 23.5.